The highest BCUT2D eigenvalue weighted by molar-refractivity contribution is 6.06. The van der Waals surface area contributed by atoms with Gasteiger partial charge in [-0.2, -0.15) is 0 Å². The van der Waals surface area contributed by atoms with Gasteiger partial charge in [-0.15, -0.1) is 0 Å². The van der Waals surface area contributed by atoms with Gasteiger partial charge in [0.25, 0.3) is 0 Å². The lowest BCUT2D eigenvalue weighted by Crippen LogP contribution is -2.38. The predicted molar refractivity (Wildman–Crippen MR) is 117 cm³/mol. The summed E-state index contributed by atoms with van der Waals surface area (Å²) in [5, 5.41) is 4.81. The van der Waals surface area contributed by atoms with E-state index in [1.807, 2.05) is 42.5 Å². The molecule has 1 saturated heterocycles. The van der Waals surface area contributed by atoms with Gasteiger partial charge in [0.2, 0.25) is 23.6 Å². The van der Waals surface area contributed by atoms with Crippen LogP contribution in [0.4, 0.5) is 5.69 Å². The Morgan fingerprint density at radius 2 is 1.65 bits per heavy atom. The largest absolute Gasteiger partial charge is 0.336 e. The molecule has 7 nitrogen and oxygen atoms in total. The van der Waals surface area contributed by atoms with Crippen molar-refractivity contribution in [2.24, 2.45) is 11.8 Å². The van der Waals surface area contributed by atoms with Crippen molar-refractivity contribution in [2.45, 2.75) is 32.1 Å². The van der Waals surface area contributed by atoms with Crippen LogP contribution in [-0.2, 0) is 19.2 Å². The molecule has 2 atom stereocenters. The SMILES string of the molecule is CN(CC(=O)Nc1cccc2ccccc12)C(=O)CCN1C(=O)[C@H]2CCCC[C@H]2C1=O. The van der Waals surface area contributed by atoms with Gasteiger partial charge in [-0.25, -0.2) is 0 Å². The summed E-state index contributed by atoms with van der Waals surface area (Å²) in [6, 6.07) is 13.4. The van der Waals surface area contributed by atoms with E-state index in [4.69, 9.17) is 0 Å². The van der Waals surface area contributed by atoms with Crippen LogP contribution >= 0.6 is 0 Å². The number of likely N-dealkylation sites (N-methyl/N-ethyl adjacent to an activating group) is 1. The maximum atomic E-state index is 12.5. The molecule has 1 saturated carbocycles. The lowest BCUT2D eigenvalue weighted by atomic mass is 9.81. The Labute approximate surface area is 181 Å². The third kappa shape index (κ3) is 4.31. The molecular formula is C24H27N3O4. The smallest absolute Gasteiger partial charge is 0.243 e. The van der Waals surface area contributed by atoms with E-state index in [0.29, 0.717) is 5.69 Å². The number of imide groups is 1. The molecule has 4 rings (SSSR count). The Bertz CT molecular complexity index is 1010. The predicted octanol–water partition coefficient (Wildman–Crippen LogP) is 2.80. The Morgan fingerprint density at radius 3 is 2.35 bits per heavy atom. The quantitative estimate of drug-likeness (QED) is 0.727. The first-order valence-corrected chi connectivity index (χ1v) is 10.8. The summed E-state index contributed by atoms with van der Waals surface area (Å²) in [5.41, 5.74) is 0.694. The van der Waals surface area contributed by atoms with Crippen molar-refractivity contribution < 1.29 is 19.2 Å². The highest BCUT2D eigenvalue weighted by Crippen LogP contribution is 2.38. The van der Waals surface area contributed by atoms with Crippen molar-refractivity contribution in [3.05, 3.63) is 42.5 Å². The summed E-state index contributed by atoms with van der Waals surface area (Å²) >= 11 is 0. The van der Waals surface area contributed by atoms with E-state index < -0.39 is 0 Å². The Balaban J connectivity index is 1.31. The molecule has 162 valence electrons. The monoisotopic (exact) mass is 421 g/mol. The molecule has 1 N–H and O–H groups in total. The topological polar surface area (TPSA) is 86.8 Å². The summed E-state index contributed by atoms with van der Waals surface area (Å²) < 4.78 is 0. The van der Waals surface area contributed by atoms with Crippen molar-refractivity contribution in [3.8, 4) is 0 Å². The van der Waals surface area contributed by atoms with E-state index in [-0.39, 0.29) is 55.0 Å². The molecule has 1 heterocycles. The number of nitrogens with one attached hydrogen (secondary N) is 1. The maximum Gasteiger partial charge on any atom is 0.243 e. The Kier molecular flexibility index (Phi) is 6.02. The number of nitrogens with zero attached hydrogens (tertiary/aromatic N) is 2. The van der Waals surface area contributed by atoms with Gasteiger partial charge in [-0.1, -0.05) is 49.2 Å². The summed E-state index contributed by atoms with van der Waals surface area (Å²) in [5.74, 6) is -1.27. The van der Waals surface area contributed by atoms with Crippen LogP contribution in [0.3, 0.4) is 0 Å². The molecule has 0 unspecified atom stereocenters. The fraction of sp³-hybridized carbons (Fsp3) is 0.417. The normalized spacial score (nSPS) is 20.6. The van der Waals surface area contributed by atoms with Crippen LogP contribution in [0.25, 0.3) is 10.8 Å². The zero-order valence-electron chi connectivity index (χ0n) is 17.7. The van der Waals surface area contributed by atoms with Crippen molar-refractivity contribution in [1.82, 2.24) is 9.80 Å². The molecule has 2 aromatic rings. The molecule has 0 spiro atoms. The summed E-state index contributed by atoms with van der Waals surface area (Å²) in [6.45, 7) is -0.0199. The van der Waals surface area contributed by atoms with Crippen molar-refractivity contribution >= 4 is 40.1 Å². The minimum Gasteiger partial charge on any atom is -0.336 e. The van der Waals surface area contributed by atoms with Gasteiger partial charge in [0, 0.05) is 31.1 Å². The number of anilines is 1. The van der Waals surface area contributed by atoms with Crippen LogP contribution in [0.15, 0.2) is 42.5 Å². The van der Waals surface area contributed by atoms with E-state index in [2.05, 4.69) is 5.32 Å². The van der Waals surface area contributed by atoms with Crippen LogP contribution in [-0.4, -0.2) is 53.6 Å². The van der Waals surface area contributed by atoms with Crippen LogP contribution in [0, 0.1) is 11.8 Å². The molecule has 0 bridgehead atoms. The summed E-state index contributed by atoms with van der Waals surface area (Å²) in [7, 11) is 1.55. The first-order valence-electron chi connectivity index (χ1n) is 10.8. The lowest BCUT2D eigenvalue weighted by molar-refractivity contribution is -0.141. The number of carbonyl (C=O) groups excluding carboxylic acids is 4. The van der Waals surface area contributed by atoms with Crippen LogP contribution in [0.2, 0.25) is 0 Å². The molecule has 7 heteroatoms. The molecule has 1 aliphatic heterocycles. The molecule has 0 radical (unpaired) electrons. The molecule has 2 aromatic carbocycles. The zero-order chi connectivity index (χ0) is 22.0. The fourth-order valence-corrected chi connectivity index (χ4v) is 4.68. The van der Waals surface area contributed by atoms with Gasteiger partial charge in [0.1, 0.15) is 0 Å². The van der Waals surface area contributed by atoms with E-state index in [1.54, 1.807) is 7.05 Å². The highest BCUT2D eigenvalue weighted by Gasteiger charge is 2.47. The third-order valence-electron chi connectivity index (χ3n) is 6.35. The number of hydrogen-bond acceptors (Lipinski definition) is 4. The van der Waals surface area contributed by atoms with Gasteiger partial charge in [0.05, 0.1) is 18.4 Å². The number of likely N-dealkylation sites (tertiary alicyclic amines) is 1. The molecule has 31 heavy (non-hydrogen) atoms. The highest BCUT2D eigenvalue weighted by atomic mass is 16.2. The molecular weight excluding hydrogens is 394 g/mol. The fourth-order valence-electron chi connectivity index (χ4n) is 4.68. The van der Waals surface area contributed by atoms with Gasteiger partial charge in [-0.05, 0) is 24.3 Å². The maximum absolute atomic E-state index is 12.5. The van der Waals surface area contributed by atoms with Crippen molar-refractivity contribution in [1.29, 1.82) is 0 Å². The number of amides is 4. The lowest BCUT2D eigenvalue weighted by Gasteiger charge is -2.19. The number of fused-ring (bicyclic) bond motifs is 2. The summed E-state index contributed by atoms with van der Waals surface area (Å²) in [4.78, 5) is 52.7. The number of rotatable bonds is 6. The van der Waals surface area contributed by atoms with Gasteiger partial charge < -0.3 is 10.2 Å². The number of carbonyl (C=O) groups is 4. The molecule has 2 fully saturated rings. The van der Waals surface area contributed by atoms with Crippen molar-refractivity contribution in [2.75, 3.05) is 25.5 Å². The van der Waals surface area contributed by atoms with Crippen LogP contribution in [0.1, 0.15) is 32.1 Å². The Hall–Kier alpha value is -3.22. The van der Waals surface area contributed by atoms with Gasteiger partial charge in [-0.3, -0.25) is 24.1 Å². The third-order valence-corrected chi connectivity index (χ3v) is 6.35. The summed E-state index contributed by atoms with van der Waals surface area (Å²) in [6.07, 6.45) is 3.49. The van der Waals surface area contributed by atoms with Gasteiger partial charge >= 0.3 is 0 Å². The van der Waals surface area contributed by atoms with E-state index >= 15 is 0 Å². The Morgan fingerprint density at radius 1 is 1.00 bits per heavy atom. The second-order valence-electron chi connectivity index (χ2n) is 8.40. The minimum absolute atomic E-state index is 0.0228. The molecule has 0 aromatic heterocycles. The second-order valence-corrected chi connectivity index (χ2v) is 8.40. The first-order chi connectivity index (χ1) is 15.0. The molecule has 1 aliphatic carbocycles. The molecule has 2 aliphatic rings. The average molecular weight is 421 g/mol. The van der Waals surface area contributed by atoms with Crippen LogP contribution < -0.4 is 5.32 Å². The zero-order valence-corrected chi connectivity index (χ0v) is 17.7. The van der Waals surface area contributed by atoms with Crippen LogP contribution in [0.5, 0.6) is 0 Å². The average Bonchev–Trinajstić information content (AvgIpc) is 3.02. The number of hydrogen-bond donors (Lipinski definition) is 1. The number of benzene rings is 2. The first kappa shape index (κ1) is 21.0. The second kappa shape index (κ2) is 8.88. The molecule has 4 amide bonds. The standard InChI is InChI=1S/C24H27N3O4/c1-26(15-21(28)25-20-12-6-8-16-7-2-3-9-17(16)20)22(29)13-14-27-23(30)18-10-4-5-11-19(18)24(27)31/h2-3,6-9,12,18-19H,4-5,10-11,13-15H2,1H3,(H,25,28)/t18-,19+. The van der Waals surface area contributed by atoms with Crippen molar-refractivity contribution in [3.63, 3.8) is 0 Å². The van der Waals surface area contributed by atoms with E-state index in [1.165, 1.54) is 9.80 Å². The minimum atomic E-state index is -0.299. The van der Waals surface area contributed by atoms with Gasteiger partial charge in [0.15, 0.2) is 0 Å². The van der Waals surface area contributed by atoms with E-state index in [9.17, 15) is 19.2 Å². The van der Waals surface area contributed by atoms with E-state index in [0.717, 1.165) is 36.5 Å².